The maximum Gasteiger partial charge on any atom is 0.243 e. The molecule has 1 aromatic carbocycles. The zero-order valence-corrected chi connectivity index (χ0v) is 18.1. The quantitative estimate of drug-likeness (QED) is 0.744. The molecule has 8 nitrogen and oxygen atoms in total. The molecule has 3 rings (SSSR count). The number of carbonyl (C=O) groups is 1. The van der Waals surface area contributed by atoms with E-state index in [1.807, 2.05) is 32.2 Å². The predicted molar refractivity (Wildman–Crippen MR) is 114 cm³/mol. The van der Waals surface area contributed by atoms with Crippen LogP contribution in [0.2, 0.25) is 0 Å². The summed E-state index contributed by atoms with van der Waals surface area (Å²) in [7, 11) is 1.99. The summed E-state index contributed by atoms with van der Waals surface area (Å²) in [5.41, 5.74) is 2.25. The molecule has 0 radical (unpaired) electrons. The molecule has 1 saturated heterocycles. The summed E-state index contributed by atoms with van der Waals surface area (Å²) < 4.78 is 29.3. The van der Waals surface area contributed by atoms with Crippen molar-refractivity contribution >= 4 is 27.3 Å². The molecule has 1 aliphatic heterocycles. The fraction of sp³-hybridized carbons (Fsp3) is 0.500. The summed E-state index contributed by atoms with van der Waals surface area (Å²) >= 11 is 0. The molecule has 2 heterocycles. The topological polar surface area (TPSA) is 87.5 Å². The normalized spacial score (nSPS) is 15.3. The highest BCUT2D eigenvalue weighted by atomic mass is 32.2. The van der Waals surface area contributed by atoms with Crippen LogP contribution in [0.5, 0.6) is 0 Å². The lowest BCUT2D eigenvalue weighted by molar-refractivity contribution is -0.116. The second-order valence-electron chi connectivity index (χ2n) is 7.61. The van der Waals surface area contributed by atoms with Gasteiger partial charge in [-0.05, 0) is 43.0 Å². The molecule has 1 aliphatic rings. The number of carbonyl (C=O) groups excluding carboxylic acids is 1. The third-order valence-electron chi connectivity index (χ3n) is 5.08. The first-order valence-electron chi connectivity index (χ1n) is 9.86. The van der Waals surface area contributed by atoms with Gasteiger partial charge in [-0.1, -0.05) is 6.42 Å². The number of sulfonamides is 1. The maximum absolute atomic E-state index is 13.0. The Morgan fingerprint density at radius 3 is 2.55 bits per heavy atom. The molecule has 0 atom stereocenters. The number of rotatable bonds is 7. The number of nitrogens with zero attached hydrogens (tertiary/aromatic N) is 4. The third-order valence-corrected chi connectivity index (χ3v) is 6.97. The van der Waals surface area contributed by atoms with Crippen LogP contribution < -0.4 is 10.2 Å². The van der Waals surface area contributed by atoms with Gasteiger partial charge in [-0.2, -0.15) is 9.40 Å². The molecule has 0 saturated carbocycles. The lowest BCUT2D eigenvalue weighted by atomic mass is 10.2. The van der Waals surface area contributed by atoms with Crippen molar-refractivity contribution in [2.75, 3.05) is 37.4 Å². The lowest BCUT2D eigenvalue weighted by Gasteiger charge is -2.26. The molecule has 0 spiro atoms. The molecule has 1 fully saturated rings. The number of anilines is 2. The van der Waals surface area contributed by atoms with Crippen LogP contribution in [0.4, 0.5) is 11.4 Å². The molecule has 1 aromatic heterocycles. The van der Waals surface area contributed by atoms with Gasteiger partial charge >= 0.3 is 0 Å². The van der Waals surface area contributed by atoms with Gasteiger partial charge in [-0.3, -0.25) is 9.48 Å². The minimum absolute atomic E-state index is 0.163. The Labute approximate surface area is 172 Å². The van der Waals surface area contributed by atoms with Crippen LogP contribution in [0, 0.1) is 0 Å². The van der Waals surface area contributed by atoms with Gasteiger partial charge in [0.05, 0.1) is 22.5 Å². The molecular weight excluding hydrogens is 390 g/mol. The maximum atomic E-state index is 13.0. The summed E-state index contributed by atoms with van der Waals surface area (Å²) in [5, 5.41) is 7.00. The van der Waals surface area contributed by atoms with E-state index in [0.29, 0.717) is 31.6 Å². The van der Waals surface area contributed by atoms with Crippen LogP contribution in [0.1, 0.15) is 31.2 Å². The van der Waals surface area contributed by atoms with Gasteiger partial charge in [0, 0.05) is 46.9 Å². The van der Waals surface area contributed by atoms with Crippen molar-refractivity contribution in [2.24, 2.45) is 7.05 Å². The van der Waals surface area contributed by atoms with Crippen LogP contribution in [0.3, 0.4) is 0 Å². The SMILES string of the molecule is CN(C)c1ccc(S(=O)(=O)N2CCCCC2)cc1NC(=O)CCc1cnn(C)c1. The molecule has 2 aromatic rings. The zero-order valence-electron chi connectivity index (χ0n) is 17.3. The zero-order chi connectivity index (χ0) is 21.0. The summed E-state index contributed by atoms with van der Waals surface area (Å²) in [6.45, 7) is 1.09. The first kappa shape index (κ1) is 21.3. The Bertz CT molecular complexity index is 962. The number of aromatic nitrogens is 2. The largest absolute Gasteiger partial charge is 0.376 e. The van der Waals surface area contributed by atoms with E-state index in [0.717, 1.165) is 30.5 Å². The van der Waals surface area contributed by atoms with E-state index < -0.39 is 10.0 Å². The van der Waals surface area contributed by atoms with Crippen molar-refractivity contribution in [3.63, 3.8) is 0 Å². The van der Waals surface area contributed by atoms with Gasteiger partial charge in [-0.15, -0.1) is 0 Å². The Balaban J connectivity index is 1.78. The van der Waals surface area contributed by atoms with Crippen LogP contribution in [-0.4, -0.2) is 55.6 Å². The van der Waals surface area contributed by atoms with Crippen molar-refractivity contribution in [1.82, 2.24) is 14.1 Å². The highest BCUT2D eigenvalue weighted by molar-refractivity contribution is 7.89. The molecule has 0 bridgehead atoms. The molecule has 1 N–H and O–H groups in total. The summed E-state index contributed by atoms with van der Waals surface area (Å²) in [6.07, 6.45) is 7.31. The number of benzene rings is 1. The number of amides is 1. The molecule has 1 amide bonds. The number of aryl methyl sites for hydroxylation is 2. The number of hydrogen-bond acceptors (Lipinski definition) is 5. The van der Waals surface area contributed by atoms with Crippen molar-refractivity contribution < 1.29 is 13.2 Å². The molecule has 0 unspecified atom stereocenters. The lowest BCUT2D eigenvalue weighted by Crippen LogP contribution is -2.35. The van der Waals surface area contributed by atoms with Crippen molar-refractivity contribution in [3.8, 4) is 0 Å². The first-order valence-corrected chi connectivity index (χ1v) is 11.3. The van der Waals surface area contributed by atoms with E-state index in [2.05, 4.69) is 10.4 Å². The highest BCUT2D eigenvalue weighted by Gasteiger charge is 2.27. The van der Waals surface area contributed by atoms with Gasteiger partial charge < -0.3 is 10.2 Å². The molecular formula is C20H29N5O3S. The Morgan fingerprint density at radius 1 is 1.21 bits per heavy atom. The second kappa shape index (κ2) is 8.96. The van der Waals surface area contributed by atoms with Crippen molar-refractivity contribution in [1.29, 1.82) is 0 Å². The van der Waals surface area contributed by atoms with E-state index in [1.165, 1.54) is 4.31 Å². The monoisotopic (exact) mass is 419 g/mol. The van der Waals surface area contributed by atoms with Gasteiger partial charge in [0.2, 0.25) is 15.9 Å². The van der Waals surface area contributed by atoms with E-state index in [4.69, 9.17) is 0 Å². The van der Waals surface area contributed by atoms with Crippen molar-refractivity contribution in [2.45, 2.75) is 37.0 Å². The third kappa shape index (κ3) is 5.16. The Hall–Kier alpha value is -2.39. The minimum Gasteiger partial charge on any atom is -0.376 e. The smallest absolute Gasteiger partial charge is 0.243 e. The molecule has 158 valence electrons. The van der Waals surface area contributed by atoms with Crippen molar-refractivity contribution in [3.05, 3.63) is 36.2 Å². The summed E-state index contributed by atoms with van der Waals surface area (Å²) in [6, 6.07) is 4.93. The average molecular weight is 420 g/mol. The summed E-state index contributed by atoms with van der Waals surface area (Å²) in [4.78, 5) is 14.6. The molecule has 29 heavy (non-hydrogen) atoms. The fourth-order valence-electron chi connectivity index (χ4n) is 3.49. The number of hydrogen-bond donors (Lipinski definition) is 1. The number of piperidine rings is 1. The Kier molecular flexibility index (Phi) is 6.59. The van der Waals surface area contributed by atoms with Gasteiger partial charge in [0.25, 0.3) is 0 Å². The van der Waals surface area contributed by atoms with E-state index in [1.54, 1.807) is 29.1 Å². The molecule has 9 heteroatoms. The molecule has 0 aliphatic carbocycles. The predicted octanol–water partition coefficient (Wildman–Crippen LogP) is 2.23. The van der Waals surface area contributed by atoms with Crippen LogP contribution in [-0.2, 0) is 28.3 Å². The van der Waals surface area contributed by atoms with E-state index in [9.17, 15) is 13.2 Å². The van der Waals surface area contributed by atoms with Gasteiger partial charge in [-0.25, -0.2) is 8.42 Å². The summed E-state index contributed by atoms with van der Waals surface area (Å²) in [5.74, 6) is -0.163. The van der Waals surface area contributed by atoms with Crippen LogP contribution in [0.25, 0.3) is 0 Å². The highest BCUT2D eigenvalue weighted by Crippen LogP contribution is 2.30. The van der Waals surface area contributed by atoms with Crippen LogP contribution >= 0.6 is 0 Å². The fourth-order valence-corrected chi connectivity index (χ4v) is 5.04. The van der Waals surface area contributed by atoms with Gasteiger partial charge in [0.1, 0.15) is 0 Å². The standard InChI is InChI=1S/C20H29N5O3S/c1-23(2)19-9-8-17(29(27,28)25-11-5-4-6-12-25)13-18(19)22-20(26)10-7-16-14-21-24(3)15-16/h8-9,13-15H,4-7,10-12H2,1-3H3,(H,22,26). The average Bonchev–Trinajstić information content (AvgIpc) is 3.12. The second-order valence-corrected chi connectivity index (χ2v) is 9.55. The Morgan fingerprint density at radius 2 is 1.93 bits per heavy atom. The van der Waals surface area contributed by atoms with E-state index >= 15 is 0 Å². The minimum atomic E-state index is -3.56. The van der Waals surface area contributed by atoms with Crippen LogP contribution in [0.15, 0.2) is 35.5 Å². The van der Waals surface area contributed by atoms with E-state index in [-0.39, 0.29) is 10.8 Å². The first-order chi connectivity index (χ1) is 13.8. The van der Waals surface area contributed by atoms with Gasteiger partial charge in [0.15, 0.2) is 0 Å². The number of nitrogens with one attached hydrogen (secondary N) is 1.